The summed E-state index contributed by atoms with van der Waals surface area (Å²) in [6.07, 6.45) is 1.62. The van der Waals surface area contributed by atoms with Gasteiger partial charge in [0, 0.05) is 37.1 Å². The van der Waals surface area contributed by atoms with E-state index in [0.29, 0.717) is 23.2 Å². The molecule has 2 heterocycles. The van der Waals surface area contributed by atoms with Crippen LogP contribution in [0.2, 0.25) is 0 Å². The Hall–Kier alpha value is -3.37. The molecule has 0 amide bonds. The van der Waals surface area contributed by atoms with Crippen LogP contribution >= 0.6 is 0 Å². The lowest BCUT2D eigenvalue weighted by molar-refractivity contribution is 0.406. The van der Waals surface area contributed by atoms with Gasteiger partial charge in [-0.2, -0.15) is 4.98 Å². The molecule has 1 fully saturated rings. The largest absolute Gasteiger partial charge is 0.491 e. The number of rotatable bonds is 6. The van der Waals surface area contributed by atoms with E-state index in [-0.39, 0.29) is 10.9 Å². The van der Waals surface area contributed by atoms with Crippen molar-refractivity contribution in [1.29, 1.82) is 0 Å². The number of hydrogen-bond acceptors (Lipinski definition) is 8. The maximum Gasteiger partial charge on any atom is 0.238 e. The number of benzene rings is 2. The predicted molar refractivity (Wildman–Crippen MR) is 125 cm³/mol. The molecule has 0 aliphatic carbocycles. The van der Waals surface area contributed by atoms with Crippen LogP contribution in [0, 0.1) is 0 Å². The SMILES string of the molecule is COc1cnc(Nc2cccc(S(N)(=O)=O)c2)nc1N1CCN(c2ccccc2)C[C@@H]1C. The van der Waals surface area contributed by atoms with E-state index in [1.807, 2.05) is 18.2 Å². The Labute approximate surface area is 187 Å². The highest BCUT2D eigenvalue weighted by atomic mass is 32.2. The van der Waals surface area contributed by atoms with Crippen molar-refractivity contribution in [2.45, 2.75) is 17.9 Å². The molecule has 0 radical (unpaired) electrons. The van der Waals surface area contributed by atoms with E-state index in [2.05, 4.69) is 44.1 Å². The molecular formula is C22H26N6O3S. The standard InChI is InChI=1S/C22H26N6O3S/c1-16-15-27(18-8-4-3-5-9-18)11-12-28(16)21-20(31-2)14-24-22(26-21)25-17-7-6-10-19(13-17)32(23,29)30/h3-10,13-14,16H,11-12,15H2,1-2H3,(H2,23,29,30)(H,24,25,26)/t16-/m0/s1. The molecule has 0 unspecified atom stereocenters. The Balaban J connectivity index is 1.56. The molecule has 3 aromatic rings. The van der Waals surface area contributed by atoms with Crippen LogP contribution in [-0.4, -0.2) is 51.2 Å². The van der Waals surface area contributed by atoms with Gasteiger partial charge in [0.15, 0.2) is 11.6 Å². The van der Waals surface area contributed by atoms with Crippen LogP contribution in [-0.2, 0) is 10.0 Å². The Morgan fingerprint density at radius 2 is 1.91 bits per heavy atom. The van der Waals surface area contributed by atoms with Crippen LogP contribution in [0.1, 0.15) is 6.92 Å². The first-order valence-corrected chi connectivity index (χ1v) is 11.8. The smallest absolute Gasteiger partial charge is 0.238 e. The number of piperazine rings is 1. The van der Waals surface area contributed by atoms with E-state index >= 15 is 0 Å². The molecule has 2 aromatic carbocycles. The van der Waals surface area contributed by atoms with Gasteiger partial charge in [-0.05, 0) is 37.3 Å². The van der Waals surface area contributed by atoms with Crippen LogP contribution in [0.15, 0.2) is 65.7 Å². The molecule has 4 rings (SSSR count). The fraction of sp³-hybridized carbons (Fsp3) is 0.273. The average Bonchev–Trinajstić information content (AvgIpc) is 2.79. The Bertz CT molecular complexity index is 1190. The molecule has 0 bridgehead atoms. The quantitative estimate of drug-likeness (QED) is 0.584. The second kappa shape index (κ2) is 9.01. The maximum absolute atomic E-state index is 11.6. The normalized spacial score (nSPS) is 16.7. The van der Waals surface area contributed by atoms with Crippen LogP contribution in [0.3, 0.4) is 0 Å². The second-order valence-electron chi connectivity index (χ2n) is 7.61. The molecule has 0 spiro atoms. The molecule has 32 heavy (non-hydrogen) atoms. The van der Waals surface area contributed by atoms with Gasteiger partial charge in [-0.25, -0.2) is 18.5 Å². The fourth-order valence-corrected chi connectivity index (χ4v) is 4.36. The number of anilines is 4. The van der Waals surface area contributed by atoms with Gasteiger partial charge in [0.25, 0.3) is 0 Å². The number of sulfonamides is 1. The zero-order valence-corrected chi connectivity index (χ0v) is 18.8. The molecule has 3 N–H and O–H groups in total. The van der Waals surface area contributed by atoms with E-state index in [9.17, 15) is 8.42 Å². The summed E-state index contributed by atoms with van der Waals surface area (Å²) in [5.74, 6) is 1.60. The number of nitrogens with two attached hydrogens (primary N) is 1. The molecule has 1 atom stereocenters. The van der Waals surface area contributed by atoms with Crippen molar-refractivity contribution in [3.63, 3.8) is 0 Å². The lowest BCUT2D eigenvalue weighted by atomic mass is 10.1. The summed E-state index contributed by atoms with van der Waals surface area (Å²) in [5, 5.41) is 8.29. The highest BCUT2D eigenvalue weighted by Crippen LogP contribution is 2.31. The predicted octanol–water partition coefficient (Wildman–Crippen LogP) is 2.59. The molecule has 0 saturated carbocycles. The van der Waals surface area contributed by atoms with Gasteiger partial charge < -0.3 is 19.9 Å². The summed E-state index contributed by atoms with van der Waals surface area (Å²) in [6.45, 7) is 4.61. The summed E-state index contributed by atoms with van der Waals surface area (Å²) in [7, 11) is -2.21. The van der Waals surface area contributed by atoms with Crippen molar-refractivity contribution in [3.8, 4) is 5.75 Å². The fourth-order valence-electron chi connectivity index (χ4n) is 3.80. The van der Waals surface area contributed by atoms with E-state index in [1.165, 1.54) is 17.8 Å². The number of methoxy groups -OCH3 is 1. The van der Waals surface area contributed by atoms with Crippen molar-refractivity contribution >= 4 is 33.2 Å². The van der Waals surface area contributed by atoms with Crippen molar-refractivity contribution in [2.24, 2.45) is 5.14 Å². The lowest BCUT2D eigenvalue weighted by Crippen LogP contribution is -2.52. The third-order valence-electron chi connectivity index (χ3n) is 5.40. The monoisotopic (exact) mass is 454 g/mol. The summed E-state index contributed by atoms with van der Waals surface area (Å²) in [6, 6.07) is 16.7. The van der Waals surface area contributed by atoms with Crippen LogP contribution < -0.4 is 25.0 Å². The van der Waals surface area contributed by atoms with Gasteiger partial charge in [-0.3, -0.25) is 0 Å². The average molecular weight is 455 g/mol. The van der Waals surface area contributed by atoms with Crippen molar-refractivity contribution in [2.75, 3.05) is 41.9 Å². The molecular weight excluding hydrogens is 428 g/mol. The molecule has 168 valence electrons. The molecule has 1 saturated heterocycles. The van der Waals surface area contributed by atoms with Crippen LogP contribution in [0.25, 0.3) is 0 Å². The van der Waals surface area contributed by atoms with Crippen molar-refractivity contribution in [3.05, 3.63) is 60.8 Å². The Kier molecular flexibility index (Phi) is 6.15. The highest BCUT2D eigenvalue weighted by Gasteiger charge is 2.27. The van der Waals surface area contributed by atoms with Gasteiger partial charge in [-0.1, -0.05) is 24.3 Å². The molecule has 1 aliphatic heterocycles. The van der Waals surface area contributed by atoms with Gasteiger partial charge >= 0.3 is 0 Å². The van der Waals surface area contributed by atoms with Gasteiger partial charge in [0.05, 0.1) is 18.2 Å². The van der Waals surface area contributed by atoms with Gasteiger partial charge in [0.2, 0.25) is 16.0 Å². The van der Waals surface area contributed by atoms with Crippen LogP contribution in [0.5, 0.6) is 5.75 Å². The minimum absolute atomic E-state index is 0.0156. The maximum atomic E-state index is 11.6. The highest BCUT2D eigenvalue weighted by molar-refractivity contribution is 7.89. The van der Waals surface area contributed by atoms with Gasteiger partial charge in [-0.15, -0.1) is 0 Å². The minimum atomic E-state index is -3.80. The van der Waals surface area contributed by atoms with E-state index in [1.54, 1.807) is 25.4 Å². The number of primary sulfonamides is 1. The third kappa shape index (κ3) is 4.76. The zero-order valence-electron chi connectivity index (χ0n) is 18.0. The van der Waals surface area contributed by atoms with Gasteiger partial charge in [0.1, 0.15) is 0 Å². The number of ether oxygens (including phenoxy) is 1. The summed E-state index contributed by atoms with van der Waals surface area (Å²) in [5.41, 5.74) is 1.72. The molecule has 10 heteroatoms. The summed E-state index contributed by atoms with van der Waals surface area (Å²) < 4.78 is 28.8. The van der Waals surface area contributed by atoms with E-state index in [4.69, 9.17) is 9.88 Å². The number of nitrogens with one attached hydrogen (secondary N) is 1. The lowest BCUT2D eigenvalue weighted by Gasteiger charge is -2.42. The first-order valence-electron chi connectivity index (χ1n) is 10.2. The van der Waals surface area contributed by atoms with E-state index < -0.39 is 10.0 Å². The number of nitrogens with zero attached hydrogens (tertiary/aromatic N) is 4. The minimum Gasteiger partial charge on any atom is -0.491 e. The number of aromatic nitrogens is 2. The third-order valence-corrected chi connectivity index (χ3v) is 6.31. The first-order chi connectivity index (χ1) is 15.3. The van der Waals surface area contributed by atoms with Crippen LogP contribution in [0.4, 0.5) is 23.1 Å². The topological polar surface area (TPSA) is 114 Å². The Morgan fingerprint density at radius 1 is 1.12 bits per heavy atom. The zero-order chi connectivity index (χ0) is 22.7. The first kappa shape index (κ1) is 21.8. The Morgan fingerprint density at radius 3 is 2.59 bits per heavy atom. The summed E-state index contributed by atoms with van der Waals surface area (Å²) >= 11 is 0. The molecule has 1 aromatic heterocycles. The van der Waals surface area contributed by atoms with Crippen molar-refractivity contribution < 1.29 is 13.2 Å². The summed E-state index contributed by atoms with van der Waals surface area (Å²) in [4.78, 5) is 13.6. The molecule has 9 nitrogen and oxygen atoms in total. The number of para-hydroxylation sites is 1. The van der Waals surface area contributed by atoms with Crippen molar-refractivity contribution in [1.82, 2.24) is 9.97 Å². The second-order valence-corrected chi connectivity index (χ2v) is 9.17. The number of hydrogen-bond donors (Lipinski definition) is 2. The van der Waals surface area contributed by atoms with E-state index in [0.717, 1.165) is 19.6 Å². The molecule has 1 aliphatic rings.